The fourth-order valence-electron chi connectivity index (χ4n) is 7.94. The van der Waals surface area contributed by atoms with E-state index in [4.69, 9.17) is 9.97 Å². The molecule has 11 rings (SSSR count). The summed E-state index contributed by atoms with van der Waals surface area (Å²) in [5.41, 5.74) is 11.6. The maximum Gasteiger partial charge on any atom is 0.124 e. The second-order valence-corrected chi connectivity index (χ2v) is 14.1. The molecule has 0 N–H and O–H groups in total. The van der Waals surface area contributed by atoms with E-state index in [-0.39, 0.29) is 0 Å². The van der Waals surface area contributed by atoms with Crippen LogP contribution in [0.1, 0.15) is 0 Å². The average Bonchev–Trinajstić information content (AvgIpc) is 3.85. The van der Waals surface area contributed by atoms with Gasteiger partial charge in [0.05, 0.1) is 22.1 Å². The van der Waals surface area contributed by atoms with Gasteiger partial charge in [-0.1, -0.05) is 84.9 Å². The molecule has 5 heterocycles. The highest BCUT2D eigenvalue weighted by Crippen LogP contribution is 2.42. The Morgan fingerprint density at radius 1 is 0.392 bits per heavy atom. The summed E-state index contributed by atoms with van der Waals surface area (Å²) in [6.07, 6.45) is 6.03. The first-order valence-corrected chi connectivity index (χ1v) is 18.0. The number of benzene rings is 6. The van der Waals surface area contributed by atoms with Crippen molar-refractivity contribution in [1.82, 2.24) is 19.1 Å². The summed E-state index contributed by atoms with van der Waals surface area (Å²) in [4.78, 5) is 10.8. The van der Waals surface area contributed by atoms with Crippen LogP contribution < -0.4 is 0 Å². The second-order valence-electron chi connectivity index (χ2n) is 13.1. The summed E-state index contributed by atoms with van der Waals surface area (Å²) < 4.78 is 5.92. The van der Waals surface area contributed by atoms with Gasteiger partial charge < -0.3 is 9.13 Å². The lowest BCUT2D eigenvalue weighted by molar-refractivity contribution is 1.18. The number of fused-ring (bicyclic) bond motifs is 9. The van der Waals surface area contributed by atoms with E-state index in [2.05, 4.69) is 161 Å². The molecule has 0 saturated carbocycles. The van der Waals surface area contributed by atoms with E-state index in [9.17, 15) is 0 Å². The lowest BCUT2D eigenvalue weighted by Crippen LogP contribution is -1.92. The quantitative estimate of drug-likeness (QED) is 0.187. The highest BCUT2D eigenvalue weighted by atomic mass is 32.1. The van der Waals surface area contributed by atoms with Crippen molar-refractivity contribution in [2.24, 2.45) is 0 Å². The summed E-state index contributed by atoms with van der Waals surface area (Å²) in [7, 11) is 0. The van der Waals surface area contributed by atoms with Crippen molar-refractivity contribution in [1.29, 1.82) is 0 Å². The number of rotatable bonds is 4. The van der Waals surface area contributed by atoms with Crippen molar-refractivity contribution >= 4 is 75.3 Å². The Balaban J connectivity index is 1.06. The monoisotopic (exact) mass is 668 g/mol. The van der Waals surface area contributed by atoms with Crippen LogP contribution in [0.15, 0.2) is 170 Å². The summed E-state index contributed by atoms with van der Waals surface area (Å²) >= 11 is 1.74. The SMILES string of the molecule is c1ccc(-n2c3ccccc3c3cc(-c4cnc5sc6c(-c7ccc8c(c7)c7ccccc7n8-c7ccccc7)cncc6c5c4)ccc32)cc1. The molecular formula is C46H28N4S. The zero-order valence-electron chi connectivity index (χ0n) is 27.4. The topological polar surface area (TPSA) is 35.6 Å². The van der Waals surface area contributed by atoms with Gasteiger partial charge in [0.2, 0.25) is 0 Å². The molecule has 0 atom stereocenters. The predicted molar refractivity (Wildman–Crippen MR) is 214 cm³/mol. The number of thiophene rings is 1. The third-order valence-electron chi connectivity index (χ3n) is 10.3. The minimum absolute atomic E-state index is 1.02. The van der Waals surface area contributed by atoms with Gasteiger partial charge in [-0.15, -0.1) is 11.3 Å². The van der Waals surface area contributed by atoms with Gasteiger partial charge in [-0.2, -0.15) is 0 Å². The van der Waals surface area contributed by atoms with Gasteiger partial charge in [-0.3, -0.25) is 4.98 Å². The van der Waals surface area contributed by atoms with Crippen LogP contribution in [0.5, 0.6) is 0 Å². The lowest BCUT2D eigenvalue weighted by Gasteiger charge is -2.08. The van der Waals surface area contributed by atoms with Crippen molar-refractivity contribution in [3.8, 4) is 33.6 Å². The Kier molecular flexibility index (Phi) is 6.09. The largest absolute Gasteiger partial charge is 0.309 e. The highest BCUT2D eigenvalue weighted by molar-refractivity contribution is 7.26. The van der Waals surface area contributed by atoms with Crippen LogP contribution in [0.25, 0.3) is 97.5 Å². The molecule has 4 nitrogen and oxygen atoms in total. The van der Waals surface area contributed by atoms with E-state index < -0.39 is 0 Å². The lowest BCUT2D eigenvalue weighted by atomic mass is 10.0. The van der Waals surface area contributed by atoms with Crippen LogP contribution in [0.3, 0.4) is 0 Å². The molecule has 0 aliphatic heterocycles. The van der Waals surface area contributed by atoms with Gasteiger partial charge in [0.15, 0.2) is 0 Å². The number of aromatic nitrogens is 4. The Hall–Kier alpha value is -6.56. The van der Waals surface area contributed by atoms with Gasteiger partial charge in [0.1, 0.15) is 4.83 Å². The minimum Gasteiger partial charge on any atom is -0.309 e. The van der Waals surface area contributed by atoms with E-state index in [1.54, 1.807) is 11.3 Å². The summed E-state index contributed by atoms with van der Waals surface area (Å²) in [6.45, 7) is 0. The average molecular weight is 669 g/mol. The van der Waals surface area contributed by atoms with E-state index in [1.165, 1.54) is 48.3 Å². The van der Waals surface area contributed by atoms with E-state index in [0.717, 1.165) is 49.2 Å². The van der Waals surface area contributed by atoms with Crippen LogP contribution in [0.2, 0.25) is 0 Å². The minimum atomic E-state index is 1.02. The number of hydrogen-bond donors (Lipinski definition) is 0. The van der Waals surface area contributed by atoms with Crippen molar-refractivity contribution < 1.29 is 0 Å². The molecule has 11 aromatic rings. The maximum absolute atomic E-state index is 5.03. The number of nitrogens with zero attached hydrogens (tertiary/aromatic N) is 4. The van der Waals surface area contributed by atoms with Gasteiger partial charge in [0, 0.05) is 78.1 Å². The predicted octanol–water partition coefficient (Wildman–Crippen LogP) is 12.4. The molecule has 0 unspecified atom stereocenters. The molecule has 0 aliphatic rings. The number of pyridine rings is 2. The van der Waals surface area contributed by atoms with Crippen molar-refractivity contribution in [2.75, 3.05) is 0 Å². The molecule has 51 heavy (non-hydrogen) atoms. The van der Waals surface area contributed by atoms with Crippen LogP contribution >= 0.6 is 11.3 Å². The summed E-state index contributed by atoms with van der Waals surface area (Å²) in [5, 5.41) is 7.21. The zero-order chi connectivity index (χ0) is 33.5. The Morgan fingerprint density at radius 3 is 1.57 bits per heavy atom. The smallest absolute Gasteiger partial charge is 0.124 e. The first kappa shape index (κ1) is 28.3. The zero-order valence-corrected chi connectivity index (χ0v) is 28.2. The molecule has 0 aliphatic carbocycles. The van der Waals surface area contributed by atoms with Gasteiger partial charge in [-0.05, 0) is 77.9 Å². The van der Waals surface area contributed by atoms with Crippen LogP contribution in [0, 0.1) is 0 Å². The highest BCUT2D eigenvalue weighted by Gasteiger charge is 2.18. The standard InChI is InChI=1S/C46H28N4S/c1-3-11-32(12-4-1)49-41-17-9-7-15-34(41)36-23-29(19-21-43(36)49)31-25-38-40-28-47-27-39(45(40)51-46(38)48-26-31)30-20-22-44-37(24-30)35-16-8-10-18-42(35)50(44)33-13-5-2-6-14-33/h1-28H. The Bertz CT molecular complexity index is 3130. The van der Waals surface area contributed by atoms with Gasteiger partial charge in [0.25, 0.3) is 0 Å². The molecule has 6 aromatic carbocycles. The van der Waals surface area contributed by atoms with Crippen molar-refractivity contribution in [2.45, 2.75) is 0 Å². The third kappa shape index (κ3) is 4.25. The molecule has 5 heteroatoms. The molecule has 0 bridgehead atoms. The van der Waals surface area contributed by atoms with Crippen molar-refractivity contribution in [3.05, 3.63) is 170 Å². The van der Waals surface area contributed by atoms with E-state index in [0.29, 0.717) is 0 Å². The Labute approximate surface area is 297 Å². The van der Waals surface area contributed by atoms with Gasteiger partial charge in [-0.25, -0.2) is 4.98 Å². The maximum atomic E-state index is 5.03. The number of para-hydroxylation sites is 4. The van der Waals surface area contributed by atoms with Gasteiger partial charge >= 0.3 is 0 Å². The molecule has 0 spiro atoms. The summed E-state index contributed by atoms with van der Waals surface area (Å²) in [6, 6.07) is 54.4. The third-order valence-corrected chi connectivity index (χ3v) is 11.4. The molecule has 0 radical (unpaired) electrons. The fraction of sp³-hybridized carbons (Fsp3) is 0. The fourth-order valence-corrected chi connectivity index (χ4v) is 9.07. The van der Waals surface area contributed by atoms with Crippen molar-refractivity contribution in [3.63, 3.8) is 0 Å². The second kappa shape index (κ2) is 11.0. The first-order chi connectivity index (χ1) is 25.3. The molecule has 0 fully saturated rings. The summed E-state index contributed by atoms with van der Waals surface area (Å²) in [5.74, 6) is 0. The molecule has 0 saturated heterocycles. The normalized spacial score (nSPS) is 11.9. The van der Waals surface area contributed by atoms with E-state index in [1.807, 2.05) is 18.6 Å². The molecule has 0 amide bonds. The molecular weight excluding hydrogens is 641 g/mol. The Morgan fingerprint density at radius 2 is 0.922 bits per heavy atom. The van der Waals surface area contributed by atoms with Crippen LogP contribution in [0.4, 0.5) is 0 Å². The van der Waals surface area contributed by atoms with Crippen LogP contribution in [-0.2, 0) is 0 Å². The van der Waals surface area contributed by atoms with E-state index >= 15 is 0 Å². The first-order valence-electron chi connectivity index (χ1n) is 17.1. The van der Waals surface area contributed by atoms with Crippen LogP contribution in [-0.4, -0.2) is 19.1 Å². The number of hydrogen-bond acceptors (Lipinski definition) is 3. The molecule has 238 valence electrons. The molecule has 5 aromatic heterocycles.